The number of amides is 1. The molecule has 0 spiro atoms. The summed E-state index contributed by atoms with van der Waals surface area (Å²) in [7, 11) is 1.61. The van der Waals surface area contributed by atoms with Gasteiger partial charge in [0, 0.05) is 6.07 Å². The molecule has 2 rings (SSSR count). The molecule has 0 fully saturated rings. The summed E-state index contributed by atoms with van der Waals surface area (Å²) in [4.78, 5) is 11.9. The third-order valence-electron chi connectivity index (χ3n) is 2.80. The first-order valence-electron chi connectivity index (χ1n) is 5.98. The first kappa shape index (κ1) is 13.1. The van der Waals surface area contributed by atoms with Crippen LogP contribution >= 0.6 is 0 Å². The third kappa shape index (κ3) is 3.13. The number of nitrogens with one attached hydrogen (secondary N) is 1. The second kappa shape index (κ2) is 5.56. The second-order valence-corrected chi connectivity index (χ2v) is 4.29. The molecule has 1 aromatic carbocycles. The highest BCUT2D eigenvalue weighted by Gasteiger charge is 2.15. The van der Waals surface area contributed by atoms with Crippen molar-refractivity contribution in [2.24, 2.45) is 0 Å². The predicted octanol–water partition coefficient (Wildman–Crippen LogP) is 2.48. The van der Waals surface area contributed by atoms with Crippen LogP contribution < -0.4 is 10.1 Å². The zero-order valence-corrected chi connectivity index (χ0v) is 11.1. The molecule has 0 aliphatic rings. The van der Waals surface area contributed by atoms with Crippen LogP contribution in [0.25, 0.3) is 0 Å². The Morgan fingerprint density at radius 3 is 2.84 bits per heavy atom. The molecule has 2 aromatic rings. The van der Waals surface area contributed by atoms with E-state index in [-0.39, 0.29) is 17.6 Å². The summed E-state index contributed by atoms with van der Waals surface area (Å²) in [5, 5.41) is 6.54. The van der Waals surface area contributed by atoms with Crippen molar-refractivity contribution < 1.29 is 14.1 Å². The molecule has 19 heavy (non-hydrogen) atoms. The average molecular weight is 260 g/mol. The monoisotopic (exact) mass is 260 g/mol. The van der Waals surface area contributed by atoms with Gasteiger partial charge < -0.3 is 14.6 Å². The molecular weight excluding hydrogens is 244 g/mol. The van der Waals surface area contributed by atoms with E-state index in [4.69, 9.17) is 9.26 Å². The van der Waals surface area contributed by atoms with Crippen molar-refractivity contribution in [3.05, 3.63) is 47.3 Å². The van der Waals surface area contributed by atoms with Crippen molar-refractivity contribution in [3.8, 4) is 5.75 Å². The minimum absolute atomic E-state index is 0.139. The molecule has 1 unspecified atom stereocenters. The van der Waals surface area contributed by atoms with Crippen LogP contribution in [0, 0.1) is 6.92 Å². The fraction of sp³-hybridized carbons (Fsp3) is 0.286. The van der Waals surface area contributed by atoms with E-state index < -0.39 is 0 Å². The topological polar surface area (TPSA) is 64.4 Å². The van der Waals surface area contributed by atoms with Gasteiger partial charge in [0.25, 0.3) is 5.91 Å². The molecule has 5 nitrogen and oxygen atoms in total. The van der Waals surface area contributed by atoms with Gasteiger partial charge in [0.1, 0.15) is 11.5 Å². The van der Waals surface area contributed by atoms with Gasteiger partial charge in [0.2, 0.25) is 0 Å². The lowest BCUT2D eigenvalue weighted by molar-refractivity contribution is 0.0930. The molecule has 0 bridgehead atoms. The van der Waals surface area contributed by atoms with Crippen molar-refractivity contribution in [2.45, 2.75) is 19.9 Å². The van der Waals surface area contributed by atoms with Gasteiger partial charge in [-0.3, -0.25) is 4.79 Å². The summed E-state index contributed by atoms with van der Waals surface area (Å²) < 4.78 is 10.0. The molecular formula is C14H16N2O3. The van der Waals surface area contributed by atoms with Crippen molar-refractivity contribution in [2.75, 3.05) is 7.11 Å². The number of nitrogens with zero attached hydrogens (tertiary/aromatic N) is 1. The van der Waals surface area contributed by atoms with E-state index in [0.29, 0.717) is 5.76 Å². The Bertz CT molecular complexity index is 578. The molecule has 1 amide bonds. The van der Waals surface area contributed by atoms with Gasteiger partial charge >= 0.3 is 0 Å². The molecule has 0 saturated heterocycles. The number of rotatable bonds is 4. The van der Waals surface area contributed by atoms with E-state index in [1.807, 2.05) is 31.2 Å². The van der Waals surface area contributed by atoms with Crippen molar-refractivity contribution >= 4 is 5.91 Å². The predicted molar refractivity (Wildman–Crippen MR) is 70.1 cm³/mol. The number of ether oxygens (including phenoxy) is 1. The molecule has 1 heterocycles. The first-order chi connectivity index (χ1) is 9.10. The lowest BCUT2D eigenvalue weighted by Crippen LogP contribution is -2.26. The first-order valence-corrected chi connectivity index (χ1v) is 5.98. The van der Waals surface area contributed by atoms with Gasteiger partial charge in [-0.05, 0) is 31.5 Å². The minimum Gasteiger partial charge on any atom is -0.497 e. The lowest BCUT2D eigenvalue weighted by Gasteiger charge is -2.14. The molecule has 100 valence electrons. The van der Waals surface area contributed by atoms with Crippen LogP contribution in [-0.4, -0.2) is 18.2 Å². The Morgan fingerprint density at radius 1 is 1.42 bits per heavy atom. The van der Waals surface area contributed by atoms with Crippen LogP contribution in [0.15, 0.2) is 34.9 Å². The summed E-state index contributed by atoms with van der Waals surface area (Å²) >= 11 is 0. The highest BCUT2D eigenvalue weighted by molar-refractivity contribution is 5.92. The standard InChI is InChI=1S/C14H16N2O3/c1-9-7-13(16-19-9)14(17)15-10(2)11-5-4-6-12(8-11)18-3/h4-8,10H,1-3H3,(H,15,17). The second-order valence-electron chi connectivity index (χ2n) is 4.29. The highest BCUT2D eigenvalue weighted by Crippen LogP contribution is 2.19. The quantitative estimate of drug-likeness (QED) is 0.917. The van der Waals surface area contributed by atoms with Crippen LogP contribution in [0.1, 0.15) is 34.8 Å². The zero-order chi connectivity index (χ0) is 13.8. The number of benzene rings is 1. The van der Waals surface area contributed by atoms with Crippen LogP contribution in [0.4, 0.5) is 0 Å². The van der Waals surface area contributed by atoms with Gasteiger partial charge in [-0.2, -0.15) is 0 Å². The maximum absolute atomic E-state index is 11.9. The van der Waals surface area contributed by atoms with Crippen LogP contribution in [-0.2, 0) is 0 Å². The van der Waals surface area contributed by atoms with Gasteiger partial charge in [-0.25, -0.2) is 0 Å². The van der Waals surface area contributed by atoms with Crippen molar-refractivity contribution in [1.29, 1.82) is 0 Å². The number of methoxy groups -OCH3 is 1. The normalized spacial score (nSPS) is 11.9. The van der Waals surface area contributed by atoms with E-state index in [0.717, 1.165) is 11.3 Å². The molecule has 1 atom stereocenters. The maximum Gasteiger partial charge on any atom is 0.273 e. The Hall–Kier alpha value is -2.30. The number of hydrogen-bond acceptors (Lipinski definition) is 4. The number of hydrogen-bond donors (Lipinski definition) is 1. The smallest absolute Gasteiger partial charge is 0.273 e. The van der Waals surface area contributed by atoms with Crippen molar-refractivity contribution in [3.63, 3.8) is 0 Å². The van der Waals surface area contributed by atoms with Gasteiger partial charge in [0.05, 0.1) is 13.2 Å². The largest absolute Gasteiger partial charge is 0.497 e. The summed E-state index contributed by atoms with van der Waals surface area (Å²) in [5.41, 5.74) is 1.25. The number of aryl methyl sites for hydroxylation is 1. The molecule has 0 aliphatic carbocycles. The molecule has 0 radical (unpaired) electrons. The molecule has 0 aliphatic heterocycles. The number of carbonyl (C=O) groups excluding carboxylic acids is 1. The summed E-state index contributed by atoms with van der Waals surface area (Å²) in [5.74, 6) is 1.11. The number of aromatic nitrogens is 1. The Kier molecular flexibility index (Phi) is 3.85. The van der Waals surface area contributed by atoms with Crippen LogP contribution in [0.3, 0.4) is 0 Å². The molecule has 5 heteroatoms. The van der Waals surface area contributed by atoms with E-state index in [1.54, 1.807) is 20.1 Å². The van der Waals surface area contributed by atoms with Gasteiger partial charge in [-0.15, -0.1) is 0 Å². The lowest BCUT2D eigenvalue weighted by atomic mass is 10.1. The van der Waals surface area contributed by atoms with Gasteiger partial charge in [-0.1, -0.05) is 17.3 Å². The molecule has 1 aromatic heterocycles. The Morgan fingerprint density at radius 2 is 2.21 bits per heavy atom. The SMILES string of the molecule is COc1cccc(C(C)NC(=O)c2cc(C)on2)c1. The highest BCUT2D eigenvalue weighted by atomic mass is 16.5. The summed E-state index contributed by atoms with van der Waals surface area (Å²) in [6.07, 6.45) is 0. The Labute approximate surface area is 111 Å². The fourth-order valence-electron chi connectivity index (χ4n) is 1.74. The van der Waals surface area contributed by atoms with E-state index in [1.165, 1.54) is 0 Å². The van der Waals surface area contributed by atoms with Crippen LogP contribution in [0.2, 0.25) is 0 Å². The van der Waals surface area contributed by atoms with E-state index in [2.05, 4.69) is 10.5 Å². The maximum atomic E-state index is 11.9. The Balaban J connectivity index is 2.08. The minimum atomic E-state index is -0.257. The molecule has 0 saturated carbocycles. The van der Waals surface area contributed by atoms with E-state index >= 15 is 0 Å². The summed E-state index contributed by atoms with van der Waals surface area (Å²) in [6.45, 7) is 3.65. The number of carbonyl (C=O) groups is 1. The summed E-state index contributed by atoms with van der Waals surface area (Å²) in [6, 6.07) is 9.03. The van der Waals surface area contributed by atoms with Crippen LogP contribution in [0.5, 0.6) is 5.75 Å². The zero-order valence-electron chi connectivity index (χ0n) is 11.1. The van der Waals surface area contributed by atoms with E-state index in [9.17, 15) is 4.79 Å². The van der Waals surface area contributed by atoms with Crippen molar-refractivity contribution in [1.82, 2.24) is 10.5 Å². The third-order valence-corrected chi connectivity index (χ3v) is 2.80. The molecule has 1 N–H and O–H groups in total. The fourth-order valence-corrected chi connectivity index (χ4v) is 1.74. The average Bonchev–Trinajstić information content (AvgIpc) is 2.85. The van der Waals surface area contributed by atoms with Gasteiger partial charge in [0.15, 0.2) is 5.69 Å².